The van der Waals surface area contributed by atoms with Crippen molar-refractivity contribution < 1.29 is 34.1 Å². The fourth-order valence-corrected chi connectivity index (χ4v) is 4.68. The number of hydrogen-bond donors (Lipinski definition) is 3. The van der Waals surface area contributed by atoms with Crippen molar-refractivity contribution in [2.45, 2.75) is 38.3 Å². The maximum Gasteiger partial charge on any atom is 0.409 e. The smallest absolute Gasteiger partial charge is 0.409 e. The third kappa shape index (κ3) is 7.23. The zero-order valence-corrected chi connectivity index (χ0v) is 22.4. The molecule has 0 aliphatic carbocycles. The Balaban J connectivity index is 1.54. The number of aliphatic hydroxyl groups is 1. The summed E-state index contributed by atoms with van der Waals surface area (Å²) in [7, 11) is 0. The summed E-state index contributed by atoms with van der Waals surface area (Å²) in [5, 5.41) is 22.0. The van der Waals surface area contributed by atoms with Crippen LogP contribution >= 0.6 is 0 Å². The van der Waals surface area contributed by atoms with Crippen LogP contribution in [0.2, 0.25) is 0 Å². The molecule has 2 aliphatic rings. The average molecular weight is 555 g/mol. The number of aliphatic hydroxyl groups excluding tert-OH is 1. The number of nitrogens with one attached hydrogen (secondary N) is 1. The number of rotatable bonds is 9. The van der Waals surface area contributed by atoms with E-state index >= 15 is 0 Å². The second-order valence-electron chi connectivity index (χ2n) is 9.66. The maximum atomic E-state index is 13.5. The molecule has 1 aromatic carbocycles. The first-order chi connectivity index (χ1) is 19.2. The summed E-state index contributed by atoms with van der Waals surface area (Å²) in [5.74, 6) is -1.39. The molecule has 13 heteroatoms. The van der Waals surface area contributed by atoms with Crippen LogP contribution in [0.4, 0.5) is 10.6 Å². The van der Waals surface area contributed by atoms with E-state index in [0.717, 1.165) is 0 Å². The first kappa shape index (κ1) is 28.7. The zero-order valence-electron chi connectivity index (χ0n) is 22.4. The summed E-state index contributed by atoms with van der Waals surface area (Å²) in [6.45, 7) is 3.87. The molecule has 0 spiro atoms. The van der Waals surface area contributed by atoms with Crippen molar-refractivity contribution in [2.75, 3.05) is 50.8 Å². The number of nitrogens with zero attached hydrogens (tertiary/aromatic N) is 5. The number of benzene rings is 1. The van der Waals surface area contributed by atoms with Crippen LogP contribution in [0.15, 0.2) is 36.4 Å². The number of amides is 3. The Morgan fingerprint density at radius 2 is 1.75 bits per heavy atom. The molecule has 2 atom stereocenters. The van der Waals surface area contributed by atoms with Gasteiger partial charge >= 0.3 is 12.1 Å². The first-order valence-corrected chi connectivity index (χ1v) is 13.4. The summed E-state index contributed by atoms with van der Waals surface area (Å²) < 4.78 is 5.02. The van der Waals surface area contributed by atoms with E-state index in [0.29, 0.717) is 36.7 Å². The fourth-order valence-electron chi connectivity index (χ4n) is 4.68. The van der Waals surface area contributed by atoms with Gasteiger partial charge in [0.15, 0.2) is 5.82 Å². The van der Waals surface area contributed by atoms with E-state index in [1.54, 1.807) is 6.92 Å². The summed E-state index contributed by atoms with van der Waals surface area (Å²) in [4.78, 5) is 64.1. The number of carboxylic acid groups (broad SMARTS) is 1. The number of aromatic nitrogens is 2. The Morgan fingerprint density at radius 1 is 1.05 bits per heavy atom. The monoisotopic (exact) mass is 554 g/mol. The minimum Gasteiger partial charge on any atom is -0.481 e. The quantitative estimate of drug-likeness (QED) is 0.407. The van der Waals surface area contributed by atoms with E-state index in [9.17, 15) is 29.4 Å². The summed E-state index contributed by atoms with van der Waals surface area (Å²) >= 11 is 0. The number of carbonyl (C=O) groups excluding carboxylic acids is 3. The van der Waals surface area contributed by atoms with Crippen LogP contribution in [0.5, 0.6) is 0 Å². The molecule has 0 radical (unpaired) electrons. The van der Waals surface area contributed by atoms with E-state index in [4.69, 9.17) is 4.74 Å². The average Bonchev–Trinajstić information content (AvgIpc) is 3.41. The second kappa shape index (κ2) is 13.2. The molecule has 40 heavy (non-hydrogen) atoms. The number of hydrogen-bond acceptors (Lipinski definition) is 9. The lowest BCUT2D eigenvalue weighted by Crippen LogP contribution is -2.56. The maximum absolute atomic E-state index is 13.5. The molecule has 3 N–H and O–H groups in total. The van der Waals surface area contributed by atoms with Crippen LogP contribution in [-0.2, 0) is 14.3 Å². The Bertz CT molecular complexity index is 1220. The number of anilines is 1. The minimum absolute atomic E-state index is 0.0190. The van der Waals surface area contributed by atoms with Gasteiger partial charge in [0.25, 0.3) is 5.91 Å². The molecule has 13 nitrogen and oxygen atoms in total. The molecule has 4 rings (SSSR count). The number of ether oxygens (including phenoxy) is 1. The number of piperazine rings is 1. The third-order valence-electron chi connectivity index (χ3n) is 6.83. The summed E-state index contributed by atoms with van der Waals surface area (Å²) in [6, 6.07) is 9.54. The molecule has 3 amide bonds. The molecule has 0 bridgehead atoms. The molecule has 2 saturated heterocycles. The Hall–Kier alpha value is -4.26. The van der Waals surface area contributed by atoms with Gasteiger partial charge in [0.2, 0.25) is 5.91 Å². The highest BCUT2D eigenvalue weighted by molar-refractivity contribution is 5.97. The standard InChI is InChI=1S/C27H34N6O7/c1-2-40-27(39)32-14-12-31(13-15-32)26(38)20(8-9-23(35)36)29-25(37)21-16-22(33-11-10-19(34)17-33)30-24(28-21)18-6-4-3-5-7-18/h3-7,16,19-20,34H,2,8-15,17H2,1H3,(H,29,37)(H,35,36)/t19-,20-/m0/s1. The predicted octanol–water partition coefficient (Wildman–Crippen LogP) is 0.979. The molecule has 214 valence electrons. The number of carbonyl (C=O) groups is 4. The molecule has 1 aromatic heterocycles. The number of carboxylic acids is 1. The van der Waals surface area contributed by atoms with Gasteiger partial charge in [0, 0.05) is 57.3 Å². The van der Waals surface area contributed by atoms with Crippen molar-refractivity contribution in [3.63, 3.8) is 0 Å². The lowest BCUT2D eigenvalue weighted by molar-refractivity contribution is -0.138. The summed E-state index contributed by atoms with van der Waals surface area (Å²) in [5.41, 5.74) is 0.710. The SMILES string of the molecule is CCOC(=O)N1CCN(C(=O)[C@H](CCC(=O)O)NC(=O)c2cc(N3CC[C@H](O)C3)nc(-c3ccccc3)n2)CC1. The highest BCUT2D eigenvalue weighted by Crippen LogP contribution is 2.23. The van der Waals surface area contributed by atoms with Crippen molar-refractivity contribution in [1.29, 1.82) is 0 Å². The topological polar surface area (TPSA) is 166 Å². The molecule has 0 unspecified atom stereocenters. The van der Waals surface area contributed by atoms with Gasteiger partial charge in [-0.3, -0.25) is 14.4 Å². The number of β-amino-alcohol motifs (C(OH)–C–C–N with tert-alkyl or cyclic N) is 1. The van der Waals surface area contributed by atoms with Crippen molar-refractivity contribution in [3.05, 3.63) is 42.1 Å². The van der Waals surface area contributed by atoms with Crippen LogP contribution in [0.1, 0.15) is 36.7 Å². The highest BCUT2D eigenvalue weighted by atomic mass is 16.6. The van der Waals surface area contributed by atoms with Crippen molar-refractivity contribution >= 4 is 29.7 Å². The van der Waals surface area contributed by atoms with Crippen LogP contribution in [-0.4, -0.2) is 112 Å². The normalized spacial score (nSPS) is 17.9. The largest absolute Gasteiger partial charge is 0.481 e. The molecule has 2 aliphatic heterocycles. The molecule has 2 fully saturated rings. The van der Waals surface area contributed by atoms with Gasteiger partial charge in [0.1, 0.15) is 17.6 Å². The highest BCUT2D eigenvalue weighted by Gasteiger charge is 2.32. The van der Waals surface area contributed by atoms with E-state index in [1.165, 1.54) is 15.9 Å². The molecular weight excluding hydrogens is 520 g/mol. The van der Waals surface area contributed by atoms with Crippen molar-refractivity contribution in [1.82, 2.24) is 25.1 Å². The Labute approximate surface area is 231 Å². The molecule has 0 saturated carbocycles. The van der Waals surface area contributed by atoms with E-state index < -0.39 is 36.0 Å². The van der Waals surface area contributed by atoms with E-state index in [2.05, 4.69) is 15.3 Å². The predicted molar refractivity (Wildman–Crippen MR) is 144 cm³/mol. The van der Waals surface area contributed by atoms with E-state index in [1.807, 2.05) is 35.2 Å². The molecule has 3 heterocycles. The van der Waals surface area contributed by atoms with E-state index in [-0.39, 0.29) is 51.3 Å². The van der Waals surface area contributed by atoms with Gasteiger partial charge in [-0.05, 0) is 19.8 Å². The minimum atomic E-state index is -1.11. The first-order valence-electron chi connectivity index (χ1n) is 13.4. The van der Waals surface area contributed by atoms with Gasteiger partial charge in [-0.15, -0.1) is 0 Å². The second-order valence-corrected chi connectivity index (χ2v) is 9.66. The van der Waals surface area contributed by atoms with Crippen molar-refractivity contribution in [2.24, 2.45) is 0 Å². The van der Waals surface area contributed by atoms with Gasteiger partial charge < -0.3 is 35.0 Å². The van der Waals surface area contributed by atoms with Crippen molar-refractivity contribution in [3.8, 4) is 11.4 Å². The Kier molecular flexibility index (Phi) is 9.48. The third-order valence-corrected chi connectivity index (χ3v) is 6.83. The van der Waals surface area contributed by atoms with Crippen LogP contribution < -0.4 is 10.2 Å². The molecule has 2 aromatic rings. The molecular formula is C27H34N6O7. The van der Waals surface area contributed by atoms with Crippen LogP contribution in [0, 0.1) is 0 Å². The van der Waals surface area contributed by atoms with Gasteiger partial charge in [0.05, 0.1) is 12.7 Å². The zero-order chi connectivity index (χ0) is 28.6. The lowest BCUT2D eigenvalue weighted by Gasteiger charge is -2.35. The number of aliphatic carboxylic acids is 1. The van der Waals surface area contributed by atoms with Crippen LogP contribution in [0.3, 0.4) is 0 Å². The van der Waals surface area contributed by atoms with Crippen LogP contribution in [0.25, 0.3) is 11.4 Å². The van der Waals surface area contributed by atoms with Gasteiger partial charge in [-0.1, -0.05) is 30.3 Å². The van der Waals surface area contributed by atoms with Gasteiger partial charge in [-0.2, -0.15) is 0 Å². The summed E-state index contributed by atoms with van der Waals surface area (Å²) in [6.07, 6.45) is -0.823. The van der Waals surface area contributed by atoms with Gasteiger partial charge in [-0.25, -0.2) is 14.8 Å². The fraction of sp³-hybridized carbons (Fsp3) is 0.481. The lowest BCUT2D eigenvalue weighted by atomic mass is 10.1. The Morgan fingerprint density at radius 3 is 2.38 bits per heavy atom.